The van der Waals surface area contributed by atoms with Crippen LogP contribution in [-0.2, 0) is 4.79 Å². The highest BCUT2D eigenvalue weighted by Gasteiger charge is 2.43. The first-order valence-corrected chi connectivity index (χ1v) is 6.61. The molecule has 4 heteroatoms. The summed E-state index contributed by atoms with van der Waals surface area (Å²) in [5.41, 5.74) is 5.61. The lowest BCUT2D eigenvalue weighted by atomic mass is 9.99. The van der Waals surface area contributed by atoms with Crippen LogP contribution in [0.1, 0.15) is 39.5 Å². The van der Waals surface area contributed by atoms with Crippen LogP contribution in [0.3, 0.4) is 0 Å². The third kappa shape index (κ3) is 2.99. The Balaban J connectivity index is 1.83. The Morgan fingerprint density at radius 1 is 1.41 bits per heavy atom. The van der Waals surface area contributed by atoms with Crippen LogP contribution in [0.4, 0.5) is 0 Å². The molecule has 1 amide bonds. The lowest BCUT2D eigenvalue weighted by Gasteiger charge is -2.22. The molecule has 1 heterocycles. The van der Waals surface area contributed by atoms with Crippen molar-refractivity contribution in [3.63, 3.8) is 0 Å². The fourth-order valence-corrected chi connectivity index (χ4v) is 3.03. The van der Waals surface area contributed by atoms with Gasteiger partial charge >= 0.3 is 0 Å². The van der Waals surface area contributed by atoms with Crippen molar-refractivity contribution in [2.24, 2.45) is 17.6 Å². The van der Waals surface area contributed by atoms with E-state index in [-0.39, 0.29) is 17.6 Å². The summed E-state index contributed by atoms with van der Waals surface area (Å²) >= 11 is 0. The summed E-state index contributed by atoms with van der Waals surface area (Å²) in [6.07, 6.45) is 3.04. The summed E-state index contributed by atoms with van der Waals surface area (Å²) in [5.74, 6) is 1.05. The molecule has 3 N–H and O–H groups in total. The lowest BCUT2D eigenvalue weighted by molar-refractivity contribution is -0.131. The monoisotopic (exact) mass is 240 g/mol. The zero-order valence-electron chi connectivity index (χ0n) is 10.9. The Labute approximate surface area is 103 Å². The van der Waals surface area contributed by atoms with E-state index in [0.717, 1.165) is 32.4 Å². The van der Waals surface area contributed by atoms with Gasteiger partial charge in [0.1, 0.15) is 0 Å². The second-order valence-electron chi connectivity index (χ2n) is 6.36. The fraction of sp³-hybridized carbons (Fsp3) is 0.923. The zero-order valence-corrected chi connectivity index (χ0v) is 10.9. The van der Waals surface area contributed by atoms with E-state index in [1.165, 1.54) is 0 Å². The van der Waals surface area contributed by atoms with Crippen molar-refractivity contribution in [1.82, 2.24) is 4.90 Å². The first-order valence-electron chi connectivity index (χ1n) is 6.61. The molecule has 17 heavy (non-hydrogen) atoms. The molecule has 2 fully saturated rings. The zero-order chi connectivity index (χ0) is 12.6. The minimum atomic E-state index is -0.273. The van der Waals surface area contributed by atoms with Gasteiger partial charge in [-0.05, 0) is 39.0 Å². The molecule has 2 rings (SSSR count). The normalized spacial score (nSPS) is 32.9. The highest BCUT2D eigenvalue weighted by atomic mass is 16.3. The minimum Gasteiger partial charge on any atom is -0.393 e. The maximum Gasteiger partial charge on any atom is 0.222 e. The van der Waals surface area contributed by atoms with Crippen LogP contribution >= 0.6 is 0 Å². The summed E-state index contributed by atoms with van der Waals surface area (Å²) in [6.45, 7) is 5.48. The second kappa shape index (κ2) is 4.58. The smallest absolute Gasteiger partial charge is 0.222 e. The number of carbonyl (C=O) groups is 1. The van der Waals surface area contributed by atoms with Crippen molar-refractivity contribution in [3.8, 4) is 0 Å². The molecule has 1 aliphatic heterocycles. The Morgan fingerprint density at radius 2 is 2.12 bits per heavy atom. The molecule has 0 bridgehead atoms. The number of hydrogen-bond acceptors (Lipinski definition) is 3. The molecular formula is C13H24N2O2. The molecule has 3 atom stereocenters. The molecule has 3 unspecified atom stereocenters. The standard InChI is InChI=1S/C13H24N2O2/c1-13(2,14)6-5-12(17)15-7-9-3-4-11(16)10(9)8-15/h9-11,16H,3-8,14H2,1-2H3. The van der Waals surface area contributed by atoms with Gasteiger partial charge in [0, 0.05) is 31.0 Å². The number of carbonyl (C=O) groups excluding carboxylic acids is 1. The van der Waals surface area contributed by atoms with Gasteiger partial charge in [0.15, 0.2) is 0 Å². The first-order chi connectivity index (χ1) is 7.87. The average Bonchev–Trinajstić information content (AvgIpc) is 2.77. The second-order valence-corrected chi connectivity index (χ2v) is 6.36. The predicted octanol–water partition coefficient (Wildman–Crippen LogP) is 0.733. The van der Waals surface area contributed by atoms with Crippen LogP contribution in [0, 0.1) is 11.8 Å². The highest BCUT2D eigenvalue weighted by molar-refractivity contribution is 5.76. The molecule has 0 spiro atoms. The molecule has 0 aromatic heterocycles. The van der Waals surface area contributed by atoms with Crippen molar-refractivity contribution < 1.29 is 9.90 Å². The molecule has 1 aliphatic carbocycles. The third-order valence-corrected chi connectivity index (χ3v) is 4.15. The van der Waals surface area contributed by atoms with Gasteiger partial charge in [-0.1, -0.05) is 0 Å². The van der Waals surface area contributed by atoms with Gasteiger partial charge in [-0.2, -0.15) is 0 Å². The number of nitrogens with two attached hydrogens (primary N) is 1. The number of amides is 1. The highest BCUT2D eigenvalue weighted by Crippen LogP contribution is 2.38. The van der Waals surface area contributed by atoms with Crippen molar-refractivity contribution in [1.29, 1.82) is 0 Å². The van der Waals surface area contributed by atoms with Crippen molar-refractivity contribution >= 4 is 5.91 Å². The summed E-state index contributed by atoms with van der Waals surface area (Å²) in [7, 11) is 0. The summed E-state index contributed by atoms with van der Waals surface area (Å²) < 4.78 is 0. The average molecular weight is 240 g/mol. The number of aliphatic hydroxyl groups is 1. The fourth-order valence-electron chi connectivity index (χ4n) is 3.03. The predicted molar refractivity (Wildman–Crippen MR) is 66.3 cm³/mol. The SMILES string of the molecule is CC(C)(N)CCC(=O)N1CC2CCC(O)C2C1. The molecule has 0 radical (unpaired) electrons. The molecule has 1 saturated carbocycles. The summed E-state index contributed by atoms with van der Waals surface area (Å²) in [4.78, 5) is 13.9. The van der Waals surface area contributed by atoms with Gasteiger partial charge in [-0.3, -0.25) is 4.79 Å². The van der Waals surface area contributed by atoms with E-state index in [0.29, 0.717) is 18.3 Å². The van der Waals surface area contributed by atoms with Gasteiger partial charge in [-0.25, -0.2) is 0 Å². The van der Waals surface area contributed by atoms with Crippen LogP contribution in [0.15, 0.2) is 0 Å². The number of nitrogens with zero attached hydrogens (tertiary/aromatic N) is 1. The van der Waals surface area contributed by atoms with Crippen LogP contribution in [0.2, 0.25) is 0 Å². The number of hydrogen-bond donors (Lipinski definition) is 2. The van der Waals surface area contributed by atoms with E-state index in [2.05, 4.69) is 0 Å². The molecule has 0 aromatic carbocycles. The molecule has 4 nitrogen and oxygen atoms in total. The van der Waals surface area contributed by atoms with E-state index in [1.807, 2.05) is 18.7 Å². The third-order valence-electron chi connectivity index (χ3n) is 4.15. The van der Waals surface area contributed by atoms with Gasteiger partial charge in [-0.15, -0.1) is 0 Å². The maximum atomic E-state index is 12.0. The number of fused-ring (bicyclic) bond motifs is 1. The maximum absolute atomic E-state index is 12.0. The van der Waals surface area contributed by atoms with Crippen molar-refractivity contribution in [3.05, 3.63) is 0 Å². The van der Waals surface area contributed by atoms with Gasteiger partial charge in [0.05, 0.1) is 6.10 Å². The summed E-state index contributed by atoms with van der Waals surface area (Å²) in [6, 6.07) is 0. The van der Waals surface area contributed by atoms with Crippen LogP contribution in [0.25, 0.3) is 0 Å². The lowest BCUT2D eigenvalue weighted by Crippen LogP contribution is -2.36. The van der Waals surface area contributed by atoms with Crippen molar-refractivity contribution in [2.45, 2.75) is 51.2 Å². The molecule has 0 aromatic rings. The molecule has 98 valence electrons. The van der Waals surface area contributed by atoms with Crippen LogP contribution < -0.4 is 5.73 Å². The van der Waals surface area contributed by atoms with E-state index >= 15 is 0 Å². The first kappa shape index (κ1) is 12.8. The van der Waals surface area contributed by atoms with Crippen molar-refractivity contribution in [2.75, 3.05) is 13.1 Å². The van der Waals surface area contributed by atoms with Crippen LogP contribution in [0.5, 0.6) is 0 Å². The Kier molecular flexibility index (Phi) is 3.46. The van der Waals surface area contributed by atoms with Gasteiger partial charge < -0.3 is 15.7 Å². The Morgan fingerprint density at radius 3 is 2.71 bits per heavy atom. The number of rotatable bonds is 3. The Bertz CT molecular complexity index is 298. The van der Waals surface area contributed by atoms with E-state index in [1.54, 1.807) is 0 Å². The Hall–Kier alpha value is -0.610. The van der Waals surface area contributed by atoms with E-state index < -0.39 is 0 Å². The molecule has 2 aliphatic rings. The summed E-state index contributed by atoms with van der Waals surface area (Å²) in [5, 5.41) is 9.80. The largest absolute Gasteiger partial charge is 0.393 e. The van der Waals surface area contributed by atoms with E-state index in [4.69, 9.17) is 5.73 Å². The topological polar surface area (TPSA) is 66.6 Å². The quantitative estimate of drug-likeness (QED) is 0.764. The number of aliphatic hydroxyl groups excluding tert-OH is 1. The molecular weight excluding hydrogens is 216 g/mol. The van der Waals surface area contributed by atoms with Crippen LogP contribution in [-0.4, -0.2) is 40.6 Å². The van der Waals surface area contributed by atoms with Gasteiger partial charge in [0.25, 0.3) is 0 Å². The minimum absolute atomic E-state index is 0.191. The molecule has 1 saturated heterocycles. The van der Waals surface area contributed by atoms with Gasteiger partial charge in [0.2, 0.25) is 5.91 Å². The van der Waals surface area contributed by atoms with E-state index in [9.17, 15) is 9.90 Å². The number of likely N-dealkylation sites (tertiary alicyclic amines) is 1.